The molecule has 1 fully saturated rings. The topological polar surface area (TPSA) is 22.0 Å². The van der Waals surface area contributed by atoms with Crippen molar-refractivity contribution in [3.8, 4) is 11.1 Å². The molecule has 0 aliphatic heterocycles. The predicted molar refractivity (Wildman–Crippen MR) is 91.3 cm³/mol. The van der Waals surface area contributed by atoms with E-state index in [9.17, 15) is 4.79 Å². The molecule has 1 aliphatic carbocycles. The van der Waals surface area contributed by atoms with E-state index in [1.807, 2.05) is 29.8 Å². The molecule has 4 rings (SSSR count). The number of aryl methyl sites for hydroxylation is 1. The fourth-order valence-corrected chi connectivity index (χ4v) is 3.42. The summed E-state index contributed by atoms with van der Waals surface area (Å²) in [5.74, 6) is 0.526. The van der Waals surface area contributed by atoms with Gasteiger partial charge in [-0.15, -0.1) is 0 Å². The van der Waals surface area contributed by atoms with Crippen molar-refractivity contribution >= 4 is 10.8 Å². The van der Waals surface area contributed by atoms with Gasteiger partial charge >= 0.3 is 0 Å². The first-order valence-electron chi connectivity index (χ1n) is 7.85. The predicted octanol–water partition coefficient (Wildman–Crippen LogP) is 4.39. The lowest BCUT2D eigenvalue weighted by molar-refractivity contribution is 0.789. The number of hydrogen-bond donors (Lipinski definition) is 0. The molecule has 0 unspecified atom stereocenters. The summed E-state index contributed by atoms with van der Waals surface area (Å²) in [6.07, 6.45) is 2.37. The fourth-order valence-electron chi connectivity index (χ4n) is 3.42. The number of pyridine rings is 1. The summed E-state index contributed by atoms with van der Waals surface area (Å²) in [5.41, 5.74) is 5.03. The number of hydrogen-bond acceptors (Lipinski definition) is 1. The largest absolute Gasteiger partial charge is 0.314 e. The third-order valence-corrected chi connectivity index (χ3v) is 4.62. The molecule has 2 heteroatoms. The molecule has 110 valence electrons. The standard InChI is InChI=1S/C20H19NO/c1-13-6-5-7-15(12-13)18-16-8-3-4-9-17(16)20(22)21(2)19(18)14-10-11-14/h3-9,12,14H,10-11H2,1-2H3. The molecular formula is C20H19NO. The monoisotopic (exact) mass is 289 g/mol. The summed E-state index contributed by atoms with van der Waals surface area (Å²) >= 11 is 0. The van der Waals surface area contributed by atoms with Crippen LogP contribution in [0.5, 0.6) is 0 Å². The summed E-state index contributed by atoms with van der Waals surface area (Å²) in [4.78, 5) is 12.7. The first kappa shape index (κ1) is 13.3. The Morgan fingerprint density at radius 3 is 2.41 bits per heavy atom. The van der Waals surface area contributed by atoms with Crippen LogP contribution >= 0.6 is 0 Å². The molecule has 0 radical (unpaired) electrons. The fraction of sp³-hybridized carbons (Fsp3) is 0.250. The van der Waals surface area contributed by atoms with Crippen molar-refractivity contribution in [2.45, 2.75) is 25.7 Å². The van der Waals surface area contributed by atoms with E-state index in [0.29, 0.717) is 5.92 Å². The molecule has 3 aromatic rings. The van der Waals surface area contributed by atoms with E-state index in [1.54, 1.807) is 0 Å². The quantitative estimate of drug-likeness (QED) is 0.685. The number of fused-ring (bicyclic) bond motifs is 1. The Bertz CT molecular complexity index is 932. The Kier molecular flexibility index (Phi) is 2.93. The summed E-state index contributed by atoms with van der Waals surface area (Å²) in [6.45, 7) is 2.12. The van der Waals surface area contributed by atoms with Gasteiger partial charge < -0.3 is 4.57 Å². The maximum atomic E-state index is 12.7. The van der Waals surface area contributed by atoms with Gasteiger partial charge in [-0.3, -0.25) is 4.79 Å². The summed E-state index contributed by atoms with van der Waals surface area (Å²) in [7, 11) is 1.92. The molecule has 2 aromatic carbocycles. The van der Waals surface area contributed by atoms with Crippen LogP contribution in [0.1, 0.15) is 30.0 Å². The van der Waals surface area contributed by atoms with Crippen molar-refractivity contribution < 1.29 is 0 Å². The number of benzene rings is 2. The Balaban J connectivity index is 2.17. The number of nitrogens with zero attached hydrogens (tertiary/aromatic N) is 1. The molecular weight excluding hydrogens is 270 g/mol. The van der Waals surface area contributed by atoms with Crippen LogP contribution < -0.4 is 5.56 Å². The van der Waals surface area contributed by atoms with Gasteiger partial charge in [0.2, 0.25) is 0 Å². The first-order chi connectivity index (χ1) is 10.7. The second kappa shape index (κ2) is 4.84. The van der Waals surface area contributed by atoms with Crippen LogP contribution in [0.15, 0.2) is 53.3 Å². The van der Waals surface area contributed by atoms with Gasteiger partial charge in [-0.1, -0.05) is 48.0 Å². The maximum absolute atomic E-state index is 12.7. The molecule has 1 heterocycles. The minimum Gasteiger partial charge on any atom is -0.314 e. The van der Waals surface area contributed by atoms with Crippen LogP contribution in [0, 0.1) is 6.92 Å². The van der Waals surface area contributed by atoms with Gasteiger partial charge in [-0.05, 0) is 42.7 Å². The van der Waals surface area contributed by atoms with Crippen molar-refractivity contribution in [3.05, 3.63) is 70.1 Å². The van der Waals surface area contributed by atoms with E-state index in [1.165, 1.54) is 35.2 Å². The molecule has 1 aromatic heterocycles. The number of rotatable bonds is 2. The lowest BCUT2D eigenvalue weighted by Crippen LogP contribution is -2.21. The minimum absolute atomic E-state index is 0.119. The van der Waals surface area contributed by atoms with Crippen LogP contribution in [0.4, 0.5) is 0 Å². The highest BCUT2D eigenvalue weighted by Crippen LogP contribution is 2.45. The molecule has 1 aliphatic rings. The van der Waals surface area contributed by atoms with Crippen LogP contribution in [-0.4, -0.2) is 4.57 Å². The smallest absolute Gasteiger partial charge is 0.258 e. The normalized spacial score (nSPS) is 14.5. The highest BCUT2D eigenvalue weighted by atomic mass is 16.1. The van der Waals surface area contributed by atoms with E-state index < -0.39 is 0 Å². The van der Waals surface area contributed by atoms with E-state index in [0.717, 1.165) is 10.8 Å². The highest BCUT2D eigenvalue weighted by Gasteiger charge is 2.30. The molecule has 0 saturated heterocycles. The summed E-state index contributed by atoms with van der Waals surface area (Å²) in [5, 5.41) is 1.89. The molecule has 0 amide bonds. The summed E-state index contributed by atoms with van der Waals surface area (Å²) in [6, 6.07) is 16.6. The second-order valence-electron chi connectivity index (χ2n) is 6.31. The van der Waals surface area contributed by atoms with E-state index in [2.05, 4.69) is 37.3 Å². The lowest BCUT2D eigenvalue weighted by atomic mass is 9.94. The zero-order valence-electron chi connectivity index (χ0n) is 13.0. The lowest BCUT2D eigenvalue weighted by Gasteiger charge is -2.17. The molecule has 0 bridgehead atoms. The average molecular weight is 289 g/mol. The van der Waals surface area contributed by atoms with Crippen molar-refractivity contribution in [1.82, 2.24) is 4.57 Å². The van der Waals surface area contributed by atoms with Gasteiger partial charge in [0.15, 0.2) is 0 Å². The molecule has 0 atom stereocenters. The van der Waals surface area contributed by atoms with Crippen molar-refractivity contribution in [2.24, 2.45) is 7.05 Å². The Morgan fingerprint density at radius 1 is 1.00 bits per heavy atom. The van der Waals surface area contributed by atoms with E-state index in [4.69, 9.17) is 0 Å². The second-order valence-corrected chi connectivity index (χ2v) is 6.31. The zero-order valence-corrected chi connectivity index (χ0v) is 13.0. The van der Waals surface area contributed by atoms with Crippen LogP contribution in [0.3, 0.4) is 0 Å². The van der Waals surface area contributed by atoms with Crippen LogP contribution in [-0.2, 0) is 7.05 Å². The molecule has 0 spiro atoms. The maximum Gasteiger partial charge on any atom is 0.258 e. The van der Waals surface area contributed by atoms with Crippen molar-refractivity contribution in [3.63, 3.8) is 0 Å². The van der Waals surface area contributed by atoms with Crippen molar-refractivity contribution in [1.29, 1.82) is 0 Å². The van der Waals surface area contributed by atoms with Gasteiger partial charge in [-0.2, -0.15) is 0 Å². The molecule has 2 nitrogen and oxygen atoms in total. The van der Waals surface area contributed by atoms with Crippen LogP contribution in [0.25, 0.3) is 21.9 Å². The van der Waals surface area contributed by atoms with Crippen molar-refractivity contribution in [2.75, 3.05) is 0 Å². The van der Waals surface area contributed by atoms with Gasteiger partial charge in [0, 0.05) is 23.7 Å². The Morgan fingerprint density at radius 2 is 1.73 bits per heavy atom. The molecule has 22 heavy (non-hydrogen) atoms. The third kappa shape index (κ3) is 1.98. The minimum atomic E-state index is 0.119. The van der Waals surface area contributed by atoms with Gasteiger partial charge in [0.05, 0.1) is 0 Å². The average Bonchev–Trinajstić information content (AvgIpc) is 3.35. The Labute approximate surface area is 130 Å². The molecule has 1 saturated carbocycles. The molecule has 0 N–H and O–H groups in total. The van der Waals surface area contributed by atoms with E-state index >= 15 is 0 Å². The number of aromatic nitrogens is 1. The van der Waals surface area contributed by atoms with E-state index in [-0.39, 0.29) is 5.56 Å². The SMILES string of the molecule is Cc1cccc(-c2c(C3CC3)n(C)c(=O)c3ccccc23)c1. The first-order valence-corrected chi connectivity index (χ1v) is 7.85. The summed E-state index contributed by atoms with van der Waals surface area (Å²) < 4.78 is 1.87. The van der Waals surface area contributed by atoms with Crippen LogP contribution in [0.2, 0.25) is 0 Å². The third-order valence-electron chi connectivity index (χ3n) is 4.62. The van der Waals surface area contributed by atoms with Gasteiger partial charge in [-0.25, -0.2) is 0 Å². The van der Waals surface area contributed by atoms with Gasteiger partial charge in [0.25, 0.3) is 5.56 Å². The highest BCUT2D eigenvalue weighted by molar-refractivity contribution is 5.97. The Hall–Kier alpha value is -2.35. The zero-order chi connectivity index (χ0) is 15.3. The van der Waals surface area contributed by atoms with Gasteiger partial charge in [0.1, 0.15) is 0 Å².